The number of aryl methyl sites for hydroxylation is 2. The smallest absolute Gasteiger partial charge is 0.338 e. The van der Waals surface area contributed by atoms with Gasteiger partial charge in [-0.3, -0.25) is 4.57 Å². The van der Waals surface area contributed by atoms with Gasteiger partial charge in [-0.1, -0.05) is 0 Å². The molecule has 4 aromatic rings. The molecule has 0 saturated heterocycles. The Bertz CT molecular complexity index is 1140. The standard InChI is InChI=1S/C14H12N6O2/c1-19-6-7(5-15-13(19)21)12-16-8-3-10-11(4-9(8)17-12)20(2)14(22)18-10/h3-6H,1-2H3,(H,16,17)(H,18,22). The average molecular weight is 296 g/mol. The monoisotopic (exact) mass is 296 g/mol. The number of aromatic amines is 2. The predicted molar refractivity (Wildman–Crippen MR) is 81.7 cm³/mol. The van der Waals surface area contributed by atoms with Crippen LogP contribution in [0.2, 0.25) is 0 Å². The van der Waals surface area contributed by atoms with Crippen LogP contribution in [0.4, 0.5) is 0 Å². The highest BCUT2D eigenvalue weighted by Crippen LogP contribution is 2.22. The first kappa shape index (κ1) is 12.6. The van der Waals surface area contributed by atoms with Crippen LogP contribution in [0.1, 0.15) is 0 Å². The third-order valence-electron chi connectivity index (χ3n) is 3.73. The van der Waals surface area contributed by atoms with Gasteiger partial charge in [-0.2, -0.15) is 0 Å². The predicted octanol–water partition coefficient (Wildman–Crippen LogP) is 0.504. The lowest BCUT2D eigenvalue weighted by Crippen LogP contribution is -2.18. The molecule has 22 heavy (non-hydrogen) atoms. The highest BCUT2D eigenvalue weighted by molar-refractivity contribution is 5.92. The summed E-state index contributed by atoms with van der Waals surface area (Å²) in [5.41, 5.74) is 3.32. The molecule has 0 fully saturated rings. The maximum Gasteiger partial charge on any atom is 0.347 e. The Morgan fingerprint density at radius 2 is 1.91 bits per heavy atom. The van der Waals surface area contributed by atoms with Crippen molar-refractivity contribution in [1.29, 1.82) is 0 Å². The number of nitrogens with zero attached hydrogens (tertiary/aromatic N) is 4. The molecular weight excluding hydrogens is 284 g/mol. The lowest BCUT2D eigenvalue weighted by molar-refractivity contribution is 0.811. The van der Waals surface area contributed by atoms with Crippen LogP contribution in [0.3, 0.4) is 0 Å². The van der Waals surface area contributed by atoms with Gasteiger partial charge < -0.3 is 14.5 Å². The van der Waals surface area contributed by atoms with Crippen LogP contribution < -0.4 is 11.4 Å². The van der Waals surface area contributed by atoms with Crippen molar-refractivity contribution in [2.45, 2.75) is 0 Å². The molecule has 0 amide bonds. The molecule has 0 atom stereocenters. The molecule has 0 aliphatic rings. The average Bonchev–Trinajstić information content (AvgIpc) is 3.02. The van der Waals surface area contributed by atoms with Gasteiger partial charge in [-0.05, 0) is 12.1 Å². The summed E-state index contributed by atoms with van der Waals surface area (Å²) in [6, 6.07) is 3.69. The van der Waals surface area contributed by atoms with E-state index in [1.807, 2.05) is 12.1 Å². The molecule has 8 nitrogen and oxygen atoms in total. The number of aromatic nitrogens is 6. The van der Waals surface area contributed by atoms with E-state index in [2.05, 4.69) is 19.9 Å². The van der Waals surface area contributed by atoms with E-state index >= 15 is 0 Å². The number of hydrogen-bond donors (Lipinski definition) is 2. The van der Waals surface area contributed by atoms with Crippen molar-refractivity contribution in [2.24, 2.45) is 14.1 Å². The van der Waals surface area contributed by atoms with Crippen molar-refractivity contribution in [3.05, 3.63) is 45.5 Å². The van der Waals surface area contributed by atoms with Crippen LogP contribution in [0.15, 0.2) is 34.1 Å². The first-order valence-electron chi connectivity index (χ1n) is 6.64. The molecule has 4 rings (SSSR count). The van der Waals surface area contributed by atoms with Crippen LogP contribution in [0.5, 0.6) is 0 Å². The van der Waals surface area contributed by atoms with E-state index in [9.17, 15) is 9.59 Å². The minimum atomic E-state index is -0.317. The van der Waals surface area contributed by atoms with Crippen molar-refractivity contribution in [2.75, 3.05) is 0 Å². The SMILES string of the molecule is Cn1cc(-c2nc3cc4c(cc3[nH]2)[nH]c(=O)n4C)cnc1=O. The van der Waals surface area contributed by atoms with Gasteiger partial charge in [0, 0.05) is 26.5 Å². The van der Waals surface area contributed by atoms with Gasteiger partial charge in [0.15, 0.2) is 0 Å². The molecule has 1 aromatic carbocycles. The molecule has 0 spiro atoms. The Morgan fingerprint density at radius 3 is 2.68 bits per heavy atom. The Balaban J connectivity index is 1.97. The fourth-order valence-electron chi connectivity index (χ4n) is 2.50. The van der Waals surface area contributed by atoms with Crippen molar-refractivity contribution < 1.29 is 0 Å². The maximum absolute atomic E-state index is 11.6. The summed E-state index contributed by atoms with van der Waals surface area (Å²) >= 11 is 0. The zero-order valence-corrected chi connectivity index (χ0v) is 11.9. The fraction of sp³-hybridized carbons (Fsp3) is 0.143. The number of rotatable bonds is 1. The first-order chi connectivity index (χ1) is 10.5. The maximum atomic E-state index is 11.6. The number of nitrogens with one attached hydrogen (secondary N) is 2. The van der Waals surface area contributed by atoms with Crippen LogP contribution in [0.25, 0.3) is 33.5 Å². The van der Waals surface area contributed by atoms with Gasteiger partial charge in [0.2, 0.25) is 0 Å². The Morgan fingerprint density at radius 1 is 1.09 bits per heavy atom. The van der Waals surface area contributed by atoms with E-state index in [0.29, 0.717) is 5.82 Å². The topological polar surface area (TPSA) is 101 Å². The molecule has 110 valence electrons. The lowest BCUT2D eigenvalue weighted by Gasteiger charge is -1.98. The summed E-state index contributed by atoms with van der Waals surface area (Å²) < 4.78 is 2.94. The number of H-pyrrole nitrogens is 2. The van der Waals surface area contributed by atoms with Crippen LogP contribution >= 0.6 is 0 Å². The third kappa shape index (κ3) is 1.70. The van der Waals surface area contributed by atoms with Gasteiger partial charge in [-0.25, -0.2) is 19.6 Å². The Labute approximate surface area is 123 Å². The van der Waals surface area contributed by atoms with Crippen LogP contribution in [-0.4, -0.2) is 29.1 Å². The molecule has 0 bridgehead atoms. The molecule has 3 aromatic heterocycles. The summed E-state index contributed by atoms with van der Waals surface area (Å²) in [6.45, 7) is 0. The molecule has 0 saturated carbocycles. The molecule has 0 aliphatic heterocycles. The van der Waals surface area contributed by atoms with E-state index in [-0.39, 0.29) is 11.4 Å². The van der Waals surface area contributed by atoms with E-state index in [1.165, 1.54) is 15.3 Å². The molecular formula is C14H12N6O2. The summed E-state index contributed by atoms with van der Waals surface area (Å²) in [5.74, 6) is 0.621. The van der Waals surface area contributed by atoms with E-state index < -0.39 is 0 Å². The van der Waals surface area contributed by atoms with E-state index in [0.717, 1.165) is 27.6 Å². The quantitative estimate of drug-likeness (QED) is 0.534. The summed E-state index contributed by atoms with van der Waals surface area (Å²) in [7, 11) is 3.35. The molecule has 2 N–H and O–H groups in total. The van der Waals surface area contributed by atoms with Gasteiger partial charge >= 0.3 is 11.4 Å². The van der Waals surface area contributed by atoms with E-state index in [1.54, 1.807) is 20.3 Å². The van der Waals surface area contributed by atoms with Crippen molar-refractivity contribution in [3.63, 3.8) is 0 Å². The Hall–Kier alpha value is -3.16. The molecule has 0 unspecified atom stereocenters. The third-order valence-corrected chi connectivity index (χ3v) is 3.73. The molecule has 8 heteroatoms. The van der Waals surface area contributed by atoms with Crippen molar-refractivity contribution in [3.8, 4) is 11.4 Å². The van der Waals surface area contributed by atoms with Crippen LogP contribution in [0, 0.1) is 0 Å². The first-order valence-corrected chi connectivity index (χ1v) is 6.64. The largest absolute Gasteiger partial charge is 0.347 e. The Kier molecular flexibility index (Phi) is 2.38. The second-order valence-electron chi connectivity index (χ2n) is 5.20. The fourth-order valence-corrected chi connectivity index (χ4v) is 2.50. The number of hydrogen-bond acceptors (Lipinski definition) is 4. The lowest BCUT2D eigenvalue weighted by atomic mass is 10.3. The minimum Gasteiger partial charge on any atom is -0.338 e. The molecule has 0 aliphatic carbocycles. The zero-order chi connectivity index (χ0) is 15.4. The highest BCUT2D eigenvalue weighted by atomic mass is 16.1. The second-order valence-corrected chi connectivity index (χ2v) is 5.20. The zero-order valence-electron chi connectivity index (χ0n) is 11.9. The van der Waals surface area contributed by atoms with E-state index in [4.69, 9.17) is 0 Å². The highest BCUT2D eigenvalue weighted by Gasteiger charge is 2.10. The number of imidazole rings is 2. The minimum absolute atomic E-state index is 0.162. The summed E-state index contributed by atoms with van der Waals surface area (Å²) in [5, 5.41) is 0. The molecule has 3 heterocycles. The number of fused-ring (bicyclic) bond motifs is 2. The van der Waals surface area contributed by atoms with Crippen molar-refractivity contribution in [1.82, 2.24) is 29.1 Å². The van der Waals surface area contributed by atoms with Crippen molar-refractivity contribution >= 4 is 22.1 Å². The summed E-state index contributed by atoms with van der Waals surface area (Å²) in [4.78, 5) is 37.3. The van der Waals surface area contributed by atoms with Crippen LogP contribution in [-0.2, 0) is 14.1 Å². The van der Waals surface area contributed by atoms with Gasteiger partial charge in [0.25, 0.3) is 0 Å². The second kappa shape index (κ2) is 4.17. The van der Waals surface area contributed by atoms with Gasteiger partial charge in [0.1, 0.15) is 5.82 Å². The molecule has 0 radical (unpaired) electrons. The van der Waals surface area contributed by atoms with Gasteiger partial charge in [0.05, 0.1) is 27.6 Å². The number of benzene rings is 1. The summed E-state index contributed by atoms with van der Waals surface area (Å²) in [6.07, 6.45) is 3.16. The van der Waals surface area contributed by atoms with Gasteiger partial charge in [-0.15, -0.1) is 0 Å². The normalized spacial score (nSPS) is 11.5.